The molecule has 0 spiro atoms. The van der Waals surface area contributed by atoms with E-state index in [4.69, 9.17) is 4.74 Å². The largest absolute Gasteiger partial charge is 0.497 e. The summed E-state index contributed by atoms with van der Waals surface area (Å²) in [5.74, 6) is -0.894. The number of benzene rings is 2. The summed E-state index contributed by atoms with van der Waals surface area (Å²) in [6.45, 7) is 2.82. The van der Waals surface area contributed by atoms with Gasteiger partial charge in [-0.1, -0.05) is 35.9 Å². The first-order chi connectivity index (χ1) is 15.1. The Balaban J connectivity index is 1.61. The number of nitrogens with one attached hydrogen (secondary N) is 2. The van der Waals surface area contributed by atoms with Crippen molar-refractivity contribution in [2.75, 3.05) is 32.6 Å². The quantitative estimate of drug-likeness (QED) is 0.642. The summed E-state index contributed by atoms with van der Waals surface area (Å²) in [5.41, 5.74) is 0.920. The van der Waals surface area contributed by atoms with Crippen LogP contribution < -0.4 is 15.4 Å². The molecule has 5 amide bonds. The van der Waals surface area contributed by atoms with Crippen LogP contribution in [-0.2, 0) is 19.9 Å². The fraction of sp³-hybridized carbons (Fsp3) is 0.304. The number of hydrogen-bond donors (Lipinski definition) is 2. The number of nitrogens with zero attached hydrogens (tertiary/aromatic N) is 2. The molecule has 2 aromatic rings. The molecule has 1 unspecified atom stereocenters. The molecule has 0 aromatic heterocycles. The van der Waals surface area contributed by atoms with Gasteiger partial charge in [-0.05, 0) is 31.5 Å². The molecule has 9 heteroatoms. The predicted octanol–water partition coefficient (Wildman–Crippen LogP) is 1.87. The maximum absolute atomic E-state index is 13.0. The number of hydrogen-bond acceptors (Lipinski definition) is 5. The molecule has 3 rings (SSSR count). The van der Waals surface area contributed by atoms with Crippen molar-refractivity contribution in [1.29, 1.82) is 0 Å². The van der Waals surface area contributed by atoms with Crippen molar-refractivity contribution < 1.29 is 23.9 Å². The van der Waals surface area contributed by atoms with Gasteiger partial charge in [-0.15, -0.1) is 0 Å². The second kappa shape index (κ2) is 9.09. The average Bonchev–Trinajstić information content (AvgIpc) is 2.97. The van der Waals surface area contributed by atoms with Gasteiger partial charge in [0.2, 0.25) is 11.8 Å². The van der Waals surface area contributed by atoms with Gasteiger partial charge in [0.05, 0.1) is 13.7 Å². The molecule has 0 bridgehead atoms. The number of anilines is 1. The fourth-order valence-corrected chi connectivity index (χ4v) is 3.38. The molecule has 0 saturated carbocycles. The van der Waals surface area contributed by atoms with Crippen LogP contribution in [0.25, 0.3) is 0 Å². The van der Waals surface area contributed by atoms with Crippen LogP contribution in [0, 0.1) is 6.92 Å². The molecule has 1 saturated heterocycles. The third-order valence-corrected chi connectivity index (χ3v) is 5.36. The number of carbonyl (C=O) groups is 4. The lowest BCUT2D eigenvalue weighted by Crippen LogP contribution is -2.45. The van der Waals surface area contributed by atoms with Crippen molar-refractivity contribution >= 4 is 29.4 Å². The lowest BCUT2D eigenvalue weighted by molar-refractivity contribution is -0.139. The zero-order valence-corrected chi connectivity index (χ0v) is 18.5. The molecule has 1 atom stereocenters. The van der Waals surface area contributed by atoms with Gasteiger partial charge in [0.25, 0.3) is 5.91 Å². The fourth-order valence-electron chi connectivity index (χ4n) is 3.38. The van der Waals surface area contributed by atoms with Crippen molar-refractivity contribution in [3.63, 3.8) is 0 Å². The van der Waals surface area contributed by atoms with Crippen LogP contribution in [0.5, 0.6) is 5.75 Å². The topological polar surface area (TPSA) is 108 Å². The number of carbonyl (C=O) groups excluding carboxylic acids is 4. The maximum Gasteiger partial charge on any atom is 0.325 e. The Morgan fingerprint density at radius 3 is 2.50 bits per heavy atom. The molecule has 32 heavy (non-hydrogen) atoms. The Hall–Kier alpha value is -3.88. The van der Waals surface area contributed by atoms with Gasteiger partial charge in [0.15, 0.2) is 0 Å². The van der Waals surface area contributed by atoms with Gasteiger partial charge in [0.1, 0.15) is 17.8 Å². The van der Waals surface area contributed by atoms with E-state index < -0.39 is 35.8 Å². The average molecular weight is 438 g/mol. The molecule has 0 radical (unpaired) electrons. The molecule has 1 fully saturated rings. The van der Waals surface area contributed by atoms with E-state index in [9.17, 15) is 19.2 Å². The van der Waals surface area contributed by atoms with Crippen LogP contribution in [0.4, 0.5) is 10.5 Å². The van der Waals surface area contributed by atoms with E-state index in [0.717, 1.165) is 15.4 Å². The van der Waals surface area contributed by atoms with E-state index in [-0.39, 0.29) is 6.54 Å². The molecule has 168 valence electrons. The highest BCUT2D eigenvalue weighted by Gasteiger charge is 2.49. The minimum absolute atomic E-state index is 0.241. The van der Waals surface area contributed by atoms with Crippen molar-refractivity contribution in [1.82, 2.24) is 15.1 Å². The Morgan fingerprint density at radius 2 is 1.84 bits per heavy atom. The van der Waals surface area contributed by atoms with E-state index >= 15 is 0 Å². The Bertz CT molecular complexity index is 1050. The van der Waals surface area contributed by atoms with Gasteiger partial charge in [0, 0.05) is 18.8 Å². The number of rotatable bonds is 7. The van der Waals surface area contributed by atoms with Gasteiger partial charge in [-0.2, -0.15) is 0 Å². The zero-order valence-electron chi connectivity index (χ0n) is 18.5. The standard InChI is InChI=1S/C23H26N4O5/c1-15-8-10-16(11-9-15)23(2)21(30)27(22(31)25-23)14-20(29)26(3)13-19(28)24-17-6-5-7-18(12-17)32-4/h5-12H,13-14H2,1-4H3,(H,24,28)(H,25,31). The smallest absolute Gasteiger partial charge is 0.325 e. The first-order valence-electron chi connectivity index (χ1n) is 10.0. The minimum atomic E-state index is -1.26. The van der Waals surface area contributed by atoms with E-state index in [1.54, 1.807) is 43.3 Å². The van der Waals surface area contributed by atoms with Gasteiger partial charge < -0.3 is 20.3 Å². The molecule has 9 nitrogen and oxygen atoms in total. The number of methoxy groups -OCH3 is 1. The number of ether oxygens (including phenoxy) is 1. The highest BCUT2D eigenvalue weighted by Crippen LogP contribution is 2.29. The van der Waals surface area contributed by atoms with Crippen LogP contribution in [0.15, 0.2) is 48.5 Å². The van der Waals surface area contributed by atoms with E-state index in [2.05, 4.69) is 10.6 Å². The van der Waals surface area contributed by atoms with Gasteiger partial charge in [-0.3, -0.25) is 19.3 Å². The first kappa shape index (κ1) is 22.8. The number of amides is 5. The SMILES string of the molecule is COc1cccc(NC(=O)CN(C)C(=O)CN2C(=O)NC(C)(c3ccc(C)cc3)C2=O)c1. The summed E-state index contributed by atoms with van der Waals surface area (Å²) in [6.07, 6.45) is 0. The van der Waals surface area contributed by atoms with Crippen molar-refractivity contribution in [2.24, 2.45) is 0 Å². The second-order valence-electron chi connectivity index (χ2n) is 7.84. The summed E-state index contributed by atoms with van der Waals surface area (Å²) < 4.78 is 5.11. The maximum atomic E-state index is 13.0. The molecule has 1 aliphatic heterocycles. The normalized spacial score (nSPS) is 17.7. The molecule has 1 heterocycles. The third-order valence-electron chi connectivity index (χ3n) is 5.36. The molecule has 0 aliphatic carbocycles. The summed E-state index contributed by atoms with van der Waals surface area (Å²) >= 11 is 0. The Labute approximate surface area is 186 Å². The van der Waals surface area contributed by atoms with Crippen molar-refractivity contribution in [2.45, 2.75) is 19.4 Å². The molecule has 2 aromatic carbocycles. The molecular formula is C23H26N4O5. The van der Waals surface area contributed by atoms with Crippen LogP contribution in [0.2, 0.25) is 0 Å². The van der Waals surface area contributed by atoms with Crippen LogP contribution in [0.1, 0.15) is 18.1 Å². The van der Waals surface area contributed by atoms with E-state index in [0.29, 0.717) is 17.0 Å². The predicted molar refractivity (Wildman–Crippen MR) is 118 cm³/mol. The highest BCUT2D eigenvalue weighted by atomic mass is 16.5. The van der Waals surface area contributed by atoms with Crippen molar-refractivity contribution in [3.8, 4) is 5.75 Å². The zero-order chi connectivity index (χ0) is 23.5. The third kappa shape index (κ3) is 4.72. The van der Waals surface area contributed by atoms with E-state index in [1.165, 1.54) is 14.2 Å². The van der Waals surface area contributed by atoms with Gasteiger partial charge >= 0.3 is 6.03 Å². The number of likely N-dealkylation sites (N-methyl/N-ethyl adjacent to an activating group) is 1. The summed E-state index contributed by atoms with van der Waals surface area (Å²) in [5, 5.41) is 5.35. The Kier molecular flexibility index (Phi) is 6.47. The summed E-state index contributed by atoms with van der Waals surface area (Å²) in [4.78, 5) is 52.4. The van der Waals surface area contributed by atoms with Crippen LogP contribution in [0.3, 0.4) is 0 Å². The monoisotopic (exact) mass is 438 g/mol. The van der Waals surface area contributed by atoms with Crippen LogP contribution in [-0.4, -0.2) is 60.8 Å². The highest BCUT2D eigenvalue weighted by molar-refractivity contribution is 6.09. The number of aryl methyl sites for hydroxylation is 1. The summed E-state index contributed by atoms with van der Waals surface area (Å²) in [7, 11) is 2.96. The molecule has 1 aliphatic rings. The molecule has 2 N–H and O–H groups in total. The lowest BCUT2D eigenvalue weighted by atomic mass is 9.91. The number of urea groups is 1. The Morgan fingerprint density at radius 1 is 1.16 bits per heavy atom. The number of imide groups is 1. The lowest BCUT2D eigenvalue weighted by Gasteiger charge is -2.23. The van der Waals surface area contributed by atoms with Crippen molar-refractivity contribution in [3.05, 3.63) is 59.7 Å². The minimum Gasteiger partial charge on any atom is -0.497 e. The molecular weight excluding hydrogens is 412 g/mol. The summed E-state index contributed by atoms with van der Waals surface area (Å²) in [6, 6.07) is 13.4. The van der Waals surface area contributed by atoms with E-state index in [1.807, 2.05) is 19.1 Å². The first-order valence-corrected chi connectivity index (χ1v) is 10.0. The second-order valence-corrected chi connectivity index (χ2v) is 7.84. The van der Waals surface area contributed by atoms with Gasteiger partial charge in [-0.25, -0.2) is 4.79 Å². The van der Waals surface area contributed by atoms with Crippen LogP contribution >= 0.6 is 0 Å².